The van der Waals surface area contributed by atoms with E-state index >= 15 is 0 Å². The molecular weight excluding hydrogens is 206 g/mol. The Bertz CT molecular complexity index is 238. The molecule has 4 heteroatoms. The van der Waals surface area contributed by atoms with Crippen LogP contribution in [0.5, 0.6) is 0 Å². The molecule has 1 atom stereocenters. The van der Waals surface area contributed by atoms with Gasteiger partial charge in [0.25, 0.3) is 0 Å². The molecule has 0 aromatic rings. The number of nitrogens with zero attached hydrogens (tertiary/aromatic N) is 1. The van der Waals surface area contributed by atoms with Crippen LogP contribution in [0.3, 0.4) is 0 Å². The topological polar surface area (TPSA) is 50.4 Å². The van der Waals surface area contributed by atoms with Gasteiger partial charge in [0.2, 0.25) is 0 Å². The molecular formula is C11H21N3S. The lowest BCUT2D eigenvalue weighted by Crippen LogP contribution is -2.28. The normalized spacial score (nSPS) is 24.1. The number of thiocarbonyl (C=S) groups is 1. The fourth-order valence-corrected chi connectivity index (χ4v) is 2.15. The zero-order chi connectivity index (χ0) is 11.1. The van der Waals surface area contributed by atoms with E-state index in [9.17, 15) is 0 Å². The summed E-state index contributed by atoms with van der Waals surface area (Å²) in [6.07, 6.45) is 8.76. The molecule has 15 heavy (non-hydrogen) atoms. The van der Waals surface area contributed by atoms with Crippen molar-refractivity contribution in [1.82, 2.24) is 5.43 Å². The van der Waals surface area contributed by atoms with E-state index in [2.05, 4.69) is 17.5 Å². The van der Waals surface area contributed by atoms with Gasteiger partial charge in [0, 0.05) is 5.71 Å². The largest absolute Gasteiger partial charge is 0.375 e. The number of nitrogens with two attached hydrogens (primary N) is 1. The fraction of sp³-hybridized carbons (Fsp3) is 0.818. The van der Waals surface area contributed by atoms with Crippen LogP contribution in [-0.4, -0.2) is 10.8 Å². The van der Waals surface area contributed by atoms with E-state index < -0.39 is 0 Å². The Hall–Kier alpha value is -0.640. The van der Waals surface area contributed by atoms with Crippen LogP contribution in [0.2, 0.25) is 0 Å². The number of hydrogen-bond acceptors (Lipinski definition) is 2. The van der Waals surface area contributed by atoms with Crippen LogP contribution in [0.15, 0.2) is 5.10 Å². The van der Waals surface area contributed by atoms with Gasteiger partial charge in [-0.05, 0) is 43.8 Å². The summed E-state index contributed by atoms with van der Waals surface area (Å²) in [7, 11) is 0. The lowest BCUT2D eigenvalue weighted by atomic mass is 9.84. The van der Waals surface area contributed by atoms with Gasteiger partial charge in [0.05, 0.1) is 0 Å². The SMILES string of the molecule is CCCCC1CCCC/C1=N\NC(N)=S. The average Bonchev–Trinajstić information content (AvgIpc) is 2.24. The second-order valence-electron chi connectivity index (χ2n) is 4.16. The van der Waals surface area contributed by atoms with Gasteiger partial charge in [-0.15, -0.1) is 0 Å². The predicted molar refractivity (Wildman–Crippen MR) is 68.8 cm³/mol. The lowest BCUT2D eigenvalue weighted by Gasteiger charge is -2.23. The molecule has 0 radical (unpaired) electrons. The second-order valence-corrected chi connectivity index (χ2v) is 4.60. The van der Waals surface area contributed by atoms with Gasteiger partial charge in [0.15, 0.2) is 5.11 Å². The van der Waals surface area contributed by atoms with E-state index in [1.807, 2.05) is 0 Å². The third-order valence-electron chi connectivity index (χ3n) is 2.92. The average molecular weight is 227 g/mol. The molecule has 3 nitrogen and oxygen atoms in total. The van der Waals surface area contributed by atoms with Gasteiger partial charge in [-0.1, -0.05) is 26.2 Å². The van der Waals surface area contributed by atoms with E-state index in [4.69, 9.17) is 18.0 Å². The van der Waals surface area contributed by atoms with Crippen LogP contribution >= 0.6 is 12.2 Å². The minimum absolute atomic E-state index is 0.266. The molecule has 1 aliphatic carbocycles. The first-order valence-electron chi connectivity index (χ1n) is 5.86. The standard InChI is InChI=1S/C11H21N3S/c1-2-3-6-9-7-4-5-8-10(9)13-14-11(12)15/h9H,2-8H2,1H3,(H3,12,14,15)/b13-10+. The summed E-state index contributed by atoms with van der Waals surface area (Å²) >= 11 is 4.75. The number of nitrogens with one attached hydrogen (secondary N) is 1. The summed E-state index contributed by atoms with van der Waals surface area (Å²) in [6.45, 7) is 2.23. The molecule has 0 spiro atoms. The van der Waals surface area contributed by atoms with Crippen molar-refractivity contribution in [3.8, 4) is 0 Å². The van der Waals surface area contributed by atoms with Gasteiger partial charge >= 0.3 is 0 Å². The monoisotopic (exact) mass is 227 g/mol. The zero-order valence-corrected chi connectivity index (χ0v) is 10.3. The number of hydrazone groups is 1. The minimum Gasteiger partial charge on any atom is -0.375 e. The van der Waals surface area contributed by atoms with E-state index in [-0.39, 0.29) is 5.11 Å². The maximum Gasteiger partial charge on any atom is 0.184 e. The molecule has 1 unspecified atom stereocenters. The van der Waals surface area contributed by atoms with Crippen molar-refractivity contribution in [1.29, 1.82) is 0 Å². The third kappa shape index (κ3) is 4.60. The molecule has 86 valence electrons. The highest BCUT2D eigenvalue weighted by molar-refractivity contribution is 7.80. The Labute approximate surface area is 97.5 Å². The second kappa shape index (κ2) is 6.77. The first kappa shape index (κ1) is 12.4. The Morgan fingerprint density at radius 1 is 1.60 bits per heavy atom. The van der Waals surface area contributed by atoms with Crippen LogP contribution in [-0.2, 0) is 0 Å². The van der Waals surface area contributed by atoms with Crippen LogP contribution in [0, 0.1) is 5.92 Å². The van der Waals surface area contributed by atoms with Crippen molar-refractivity contribution in [2.75, 3.05) is 0 Å². The van der Waals surface area contributed by atoms with Gasteiger partial charge in [-0.25, -0.2) is 0 Å². The molecule has 0 aromatic carbocycles. The highest BCUT2D eigenvalue weighted by Crippen LogP contribution is 2.25. The summed E-state index contributed by atoms with van der Waals surface area (Å²) in [5.41, 5.74) is 9.35. The third-order valence-corrected chi connectivity index (χ3v) is 3.01. The molecule has 1 fully saturated rings. The van der Waals surface area contributed by atoms with Crippen molar-refractivity contribution < 1.29 is 0 Å². The Morgan fingerprint density at radius 2 is 2.40 bits per heavy atom. The zero-order valence-electron chi connectivity index (χ0n) is 9.46. The highest BCUT2D eigenvalue weighted by atomic mass is 32.1. The minimum atomic E-state index is 0.266. The fourth-order valence-electron chi connectivity index (χ4n) is 2.10. The van der Waals surface area contributed by atoms with Crippen molar-refractivity contribution in [2.45, 2.75) is 51.9 Å². The van der Waals surface area contributed by atoms with E-state index in [0.717, 1.165) is 6.42 Å². The number of rotatable bonds is 4. The smallest absolute Gasteiger partial charge is 0.184 e. The van der Waals surface area contributed by atoms with Crippen LogP contribution < -0.4 is 11.2 Å². The maximum atomic E-state index is 5.37. The predicted octanol–water partition coefficient (Wildman–Crippen LogP) is 2.56. The summed E-state index contributed by atoms with van der Waals surface area (Å²) in [5.74, 6) is 0.653. The van der Waals surface area contributed by atoms with Crippen LogP contribution in [0.25, 0.3) is 0 Å². The number of unbranched alkanes of at least 4 members (excludes halogenated alkanes) is 1. The summed E-state index contributed by atoms with van der Waals surface area (Å²) in [5, 5.41) is 4.58. The van der Waals surface area contributed by atoms with Gasteiger partial charge in [0.1, 0.15) is 0 Å². The van der Waals surface area contributed by atoms with Crippen LogP contribution in [0.4, 0.5) is 0 Å². The first-order chi connectivity index (χ1) is 7.24. The number of hydrogen-bond donors (Lipinski definition) is 2. The lowest BCUT2D eigenvalue weighted by molar-refractivity contribution is 0.478. The maximum absolute atomic E-state index is 5.37. The Kier molecular flexibility index (Phi) is 5.61. The van der Waals surface area contributed by atoms with Crippen molar-refractivity contribution >= 4 is 23.0 Å². The first-order valence-corrected chi connectivity index (χ1v) is 6.26. The molecule has 3 N–H and O–H groups in total. The van der Waals surface area contributed by atoms with Gasteiger partial charge in [-0.2, -0.15) is 5.10 Å². The quantitative estimate of drug-likeness (QED) is 0.573. The molecule has 1 aliphatic rings. The van der Waals surface area contributed by atoms with E-state index in [0.29, 0.717) is 5.92 Å². The Morgan fingerprint density at radius 3 is 3.07 bits per heavy atom. The molecule has 0 bridgehead atoms. The summed E-state index contributed by atoms with van der Waals surface area (Å²) < 4.78 is 0. The molecule has 0 amide bonds. The molecule has 1 rings (SSSR count). The van der Waals surface area contributed by atoms with Crippen LogP contribution in [0.1, 0.15) is 51.9 Å². The van der Waals surface area contributed by atoms with Crippen molar-refractivity contribution in [3.63, 3.8) is 0 Å². The highest BCUT2D eigenvalue weighted by Gasteiger charge is 2.19. The molecule has 0 heterocycles. The van der Waals surface area contributed by atoms with Gasteiger partial charge < -0.3 is 5.73 Å². The van der Waals surface area contributed by atoms with Crippen molar-refractivity contribution in [2.24, 2.45) is 16.8 Å². The van der Waals surface area contributed by atoms with Crippen molar-refractivity contribution in [3.05, 3.63) is 0 Å². The molecule has 0 aliphatic heterocycles. The molecule has 0 saturated heterocycles. The van der Waals surface area contributed by atoms with E-state index in [1.54, 1.807) is 0 Å². The summed E-state index contributed by atoms with van der Waals surface area (Å²) in [6, 6.07) is 0. The molecule has 0 aromatic heterocycles. The van der Waals surface area contributed by atoms with Gasteiger partial charge in [-0.3, -0.25) is 5.43 Å². The molecule has 1 saturated carbocycles. The Balaban J connectivity index is 2.48. The van der Waals surface area contributed by atoms with E-state index in [1.165, 1.54) is 44.2 Å². The summed E-state index contributed by atoms with van der Waals surface area (Å²) in [4.78, 5) is 0.